The molecular weight excluding hydrogens is 288 g/mol. The Hall–Kier alpha value is -1.84. The summed E-state index contributed by atoms with van der Waals surface area (Å²) in [7, 11) is 0. The lowest BCUT2D eigenvalue weighted by Crippen LogP contribution is -2.25. The maximum atomic E-state index is 12.3. The van der Waals surface area contributed by atoms with Crippen LogP contribution in [0.15, 0.2) is 24.3 Å². The van der Waals surface area contributed by atoms with E-state index in [-0.39, 0.29) is 11.8 Å². The topological polar surface area (TPSA) is 49.4 Å². The summed E-state index contributed by atoms with van der Waals surface area (Å²) in [6.45, 7) is 0.744. The summed E-state index contributed by atoms with van der Waals surface area (Å²) >= 11 is 0. The molecule has 1 aliphatic heterocycles. The third-order valence-corrected chi connectivity index (χ3v) is 5.05. The fraction of sp³-hybridized carbons (Fsp3) is 0.579. The van der Waals surface area contributed by atoms with Crippen molar-refractivity contribution in [1.82, 2.24) is 0 Å². The number of nitrogens with zero attached hydrogens (tertiary/aromatic N) is 1. The molecule has 0 unspecified atom stereocenters. The molecule has 1 saturated carbocycles. The van der Waals surface area contributed by atoms with E-state index in [4.69, 9.17) is 0 Å². The molecule has 0 aromatic heterocycles. The largest absolute Gasteiger partial charge is 0.324 e. The van der Waals surface area contributed by atoms with Crippen molar-refractivity contribution in [2.24, 2.45) is 5.92 Å². The van der Waals surface area contributed by atoms with E-state index in [1.165, 1.54) is 32.1 Å². The predicted molar refractivity (Wildman–Crippen MR) is 92.5 cm³/mol. The second kappa shape index (κ2) is 7.62. The van der Waals surface area contributed by atoms with Gasteiger partial charge in [-0.05, 0) is 30.9 Å². The molecule has 1 saturated heterocycles. The van der Waals surface area contributed by atoms with Gasteiger partial charge in [0.1, 0.15) is 0 Å². The van der Waals surface area contributed by atoms with E-state index in [2.05, 4.69) is 5.32 Å². The summed E-state index contributed by atoms with van der Waals surface area (Å²) in [5.41, 5.74) is 1.59. The second-order valence-corrected chi connectivity index (χ2v) is 6.76. The molecule has 1 aromatic carbocycles. The maximum absolute atomic E-state index is 12.3. The van der Waals surface area contributed by atoms with Crippen LogP contribution in [0.2, 0.25) is 0 Å². The minimum absolute atomic E-state index is 0.0645. The minimum atomic E-state index is 0.0645. The first kappa shape index (κ1) is 16.0. The molecule has 1 aromatic rings. The van der Waals surface area contributed by atoms with Gasteiger partial charge in [-0.25, -0.2) is 0 Å². The van der Waals surface area contributed by atoms with Crippen molar-refractivity contribution in [1.29, 1.82) is 0 Å². The molecule has 0 spiro atoms. The van der Waals surface area contributed by atoms with Gasteiger partial charge in [0, 0.05) is 19.4 Å². The first-order valence-electron chi connectivity index (χ1n) is 8.93. The highest BCUT2D eigenvalue weighted by molar-refractivity contribution is 6.02. The molecule has 1 heterocycles. The Bertz CT molecular complexity index is 564. The van der Waals surface area contributed by atoms with Gasteiger partial charge in [0.15, 0.2) is 0 Å². The standard InChI is InChI=1S/C19H26N2O2/c22-18(13-12-15-7-2-1-3-8-15)20-16-9-4-5-10-17(16)21-14-6-11-19(21)23/h4-5,9-10,15H,1-3,6-8,11-14H2,(H,20,22). The molecule has 124 valence electrons. The van der Waals surface area contributed by atoms with Crippen molar-refractivity contribution < 1.29 is 9.59 Å². The number of carbonyl (C=O) groups excluding carboxylic acids is 2. The average Bonchev–Trinajstić information content (AvgIpc) is 3.00. The lowest BCUT2D eigenvalue weighted by Gasteiger charge is -2.22. The van der Waals surface area contributed by atoms with Crippen molar-refractivity contribution in [2.45, 2.75) is 57.8 Å². The first-order valence-corrected chi connectivity index (χ1v) is 8.93. The second-order valence-electron chi connectivity index (χ2n) is 6.76. The SMILES string of the molecule is O=C(CCC1CCCCC1)Nc1ccccc1N1CCCC1=O. The average molecular weight is 314 g/mol. The van der Waals surface area contributed by atoms with E-state index in [1.807, 2.05) is 24.3 Å². The maximum Gasteiger partial charge on any atom is 0.227 e. The van der Waals surface area contributed by atoms with Gasteiger partial charge in [-0.15, -0.1) is 0 Å². The number of rotatable bonds is 5. The molecule has 3 rings (SSSR count). The molecule has 4 nitrogen and oxygen atoms in total. The van der Waals surface area contributed by atoms with Crippen LogP contribution in [0.4, 0.5) is 11.4 Å². The number of carbonyl (C=O) groups is 2. The van der Waals surface area contributed by atoms with Crippen LogP contribution in [-0.4, -0.2) is 18.4 Å². The van der Waals surface area contributed by atoms with Gasteiger partial charge in [0.2, 0.25) is 11.8 Å². The molecule has 23 heavy (non-hydrogen) atoms. The number of benzene rings is 1. The third-order valence-electron chi connectivity index (χ3n) is 5.05. The Morgan fingerprint density at radius 1 is 1.13 bits per heavy atom. The van der Waals surface area contributed by atoms with Gasteiger partial charge in [-0.2, -0.15) is 0 Å². The molecule has 2 fully saturated rings. The number of anilines is 2. The monoisotopic (exact) mass is 314 g/mol. The minimum Gasteiger partial charge on any atom is -0.324 e. The molecule has 0 bridgehead atoms. The zero-order valence-electron chi connectivity index (χ0n) is 13.7. The van der Waals surface area contributed by atoms with Crippen molar-refractivity contribution in [3.63, 3.8) is 0 Å². The van der Waals surface area contributed by atoms with Crippen molar-refractivity contribution >= 4 is 23.2 Å². The van der Waals surface area contributed by atoms with Crippen LogP contribution < -0.4 is 10.2 Å². The predicted octanol–water partition coefficient (Wildman–Crippen LogP) is 4.11. The summed E-state index contributed by atoms with van der Waals surface area (Å²) < 4.78 is 0. The van der Waals surface area contributed by atoms with E-state index in [9.17, 15) is 9.59 Å². The summed E-state index contributed by atoms with van der Waals surface area (Å²) in [4.78, 5) is 26.0. The Morgan fingerprint density at radius 2 is 1.91 bits per heavy atom. The summed E-state index contributed by atoms with van der Waals surface area (Å²) in [6.07, 6.45) is 9.56. The highest BCUT2D eigenvalue weighted by atomic mass is 16.2. The molecule has 2 aliphatic rings. The van der Waals surface area contributed by atoms with Crippen LogP contribution in [-0.2, 0) is 9.59 Å². The van der Waals surface area contributed by atoms with Crippen LogP contribution >= 0.6 is 0 Å². The van der Waals surface area contributed by atoms with E-state index in [1.54, 1.807) is 4.90 Å². The number of para-hydroxylation sites is 2. The number of nitrogens with one attached hydrogen (secondary N) is 1. The van der Waals surface area contributed by atoms with Crippen molar-refractivity contribution in [2.75, 3.05) is 16.8 Å². The zero-order chi connectivity index (χ0) is 16.1. The van der Waals surface area contributed by atoms with Gasteiger partial charge in [-0.1, -0.05) is 44.2 Å². The third kappa shape index (κ3) is 4.12. The van der Waals surface area contributed by atoms with Gasteiger partial charge < -0.3 is 10.2 Å². The molecule has 0 radical (unpaired) electrons. The summed E-state index contributed by atoms with van der Waals surface area (Å²) in [6, 6.07) is 7.62. The molecule has 0 atom stereocenters. The van der Waals surface area contributed by atoms with Crippen LogP contribution in [0.1, 0.15) is 57.8 Å². The highest BCUT2D eigenvalue weighted by Gasteiger charge is 2.24. The lowest BCUT2D eigenvalue weighted by atomic mass is 9.86. The van der Waals surface area contributed by atoms with E-state index in [0.717, 1.165) is 30.8 Å². The van der Waals surface area contributed by atoms with Crippen molar-refractivity contribution in [3.8, 4) is 0 Å². The first-order chi connectivity index (χ1) is 11.2. The Kier molecular flexibility index (Phi) is 5.31. The van der Waals surface area contributed by atoms with Crippen molar-refractivity contribution in [3.05, 3.63) is 24.3 Å². The number of hydrogen-bond acceptors (Lipinski definition) is 2. The fourth-order valence-corrected chi connectivity index (χ4v) is 3.74. The Labute approximate surface area is 138 Å². The van der Waals surface area contributed by atoms with Gasteiger partial charge in [-0.3, -0.25) is 9.59 Å². The normalized spacial score (nSPS) is 19.1. The van der Waals surface area contributed by atoms with Crippen LogP contribution in [0.5, 0.6) is 0 Å². The van der Waals surface area contributed by atoms with Crippen LogP contribution in [0, 0.1) is 5.92 Å². The quantitative estimate of drug-likeness (QED) is 0.889. The van der Waals surface area contributed by atoms with Crippen LogP contribution in [0.3, 0.4) is 0 Å². The molecule has 1 aliphatic carbocycles. The van der Waals surface area contributed by atoms with Gasteiger partial charge >= 0.3 is 0 Å². The fourth-order valence-electron chi connectivity index (χ4n) is 3.74. The number of amides is 2. The smallest absolute Gasteiger partial charge is 0.227 e. The molecule has 1 N–H and O–H groups in total. The van der Waals surface area contributed by atoms with E-state index >= 15 is 0 Å². The van der Waals surface area contributed by atoms with Gasteiger partial charge in [0.25, 0.3) is 0 Å². The van der Waals surface area contributed by atoms with E-state index in [0.29, 0.717) is 18.8 Å². The summed E-state index contributed by atoms with van der Waals surface area (Å²) in [5.74, 6) is 0.925. The Morgan fingerprint density at radius 3 is 2.65 bits per heavy atom. The highest BCUT2D eigenvalue weighted by Crippen LogP contribution is 2.30. The molecular formula is C19H26N2O2. The summed E-state index contributed by atoms with van der Waals surface area (Å²) in [5, 5.41) is 3.01. The molecule has 4 heteroatoms. The number of hydrogen-bond donors (Lipinski definition) is 1. The lowest BCUT2D eigenvalue weighted by molar-refractivity contribution is -0.117. The van der Waals surface area contributed by atoms with Gasteiger partial charge in [0.05, 0.1) is 11.4 Å². The molecule has 2 amide bonds. The Balaban J connectivity index is 1.58. The van der Waals surface area contributed by atoms with Crippen LogP contribution in [0.25, 0.3) is 0 Å². The van der Waals surface area contributed by atoms with E-state index < -0.39 is 0 Å². The zero-order valence-corrected chi connectivity index (χ0v) is 13.7.